The van der Waals surface area contributed by atoms with Crippen LogP contribution in [0.4, 0.5) is 4.39 Å². The van der Waals surface area contributed by atoms with E-state index in [2.05, 4.69) is 0 Å². The van der Waals surface area contributed by atoms with Crippen molar-refractivity contribution < 1.29 is 13.9 Å². The van der Waals surface area contributed by atoms with Crippen molar-refractivity contribution in [3.8, 4) is 0 Å². The topological polar surface area (TPSA) is 33.4 Å². The Morgan fingerprint density at radius 3 is 2.85 bits per heavy atom. The molecule has 0 saturated carbocycles. The van der Waals surface area contributed by atoms with Gasteiger partial charge in [0.1, 0.15) is 11.4 Å². The Kier molecular flexibility index (Phi) is 3.47. The highest BCUT2D eigenvalue weighted by Gasteiger charge is 2.16. The van der Waals surface area contributed by atoms with Crippen molar-refractivity contribution in [2.75, 3.05) is 0 Å². The van der Waals surface area contributed by atoms with Gasteiger partial charge in [-0.3, -0.25) is 0 Å². The third kappa shape index (κ3) is 2.42. The number of benzene rings is 2. The van der Waals surface area contributed by atoms with Gasteiger partial charge < -0.3 is 9.52 Å². The smallest absolute Gasteiger partial charge is 0.134 e. The lowest BCUT2D eigenvalue weighted by Crippen LogP contribution is -2.03. The first kappa shape index (κ1) is 13.2. The molecule has 0 aliphatic carbocycles. The summed E-state index contributed by atoms with van der Waals surface area (Å²) in [6.45, 7) is 0. The summed E-state index contributed by atoms with van der Waals surface area (Å²) < 4.78 is 19.1. The van der Waals surface area contributed by atoms with E-state index < -0.39 is 6.10 Å². The number of aliphatic hydroxyl groups excluding tert-OH is 1. The van der Waals surface area contributed by atoms with Crippen LogP contribution in [0.3, 0.4) is 0 Å². The molecule has 0 aliphatic heterocycles. The van der Waals surface area contributed by atoms with Gasteiger partial charge in [0.15, 0.2) is 0 Å². The monoisotopic (exact) mass is 290 g/mol. The zero-order chi connectivity index (χ0) is 14.1. The Labute approximate surface area is 120 Å². The molecule has 20 heavy (non-hydrogen) atoms. The summed E-state index contributed by atoms with van der Waals surface area (Å²) in [6, 6.07) is 11.7. The van der Waals surface area contributed by atoms with Gasteiger partial charge in [-0.25, -0.2) is 4.39 Å². The molecule has 2 aromatic carbocycles. The third-order valence-corrected chi connectivity index (χ3v) is 3.53. The molecular formula is C16H12ClFO2. The molecule has 0 spiro atoms. The highest BCUT2D eigenvalue weighted by atomic mass is 35.5. The maximum absolute atomic E-state index is 13.7. The van der Waals surface area contributed by atoms with Crippen LogP contribution in [-0.2, 0) is 6.42 Å². The maximum atomic E-state index is 13.7. The van der Waals surface area contributed by atoms with Crippen molar-refractivity contribution in [1.29, 1.82) is 0 Å². The number of aliphatic hydroxyl groups is 1. The summed E-state index contributed by atoms with van der Waals surface area (Å²) in [5, 5.41) is 11.6. The summed E-state index contributed by atoms with van der Waals surface area (Å²) in [6.07, 6.45) is 0.819. The van der Waals surface area contributed by atoms with E-state index in [4.69, 9.17) is 16.0 Å². The Morgan fingerprint density at radius 1 is 1.20 bits per heavy atom. The molecule has 0 saturated heterocycles. The van der Waals surface area contributed by atoms with Gasteiger partial charge in [0, 0.05) is 22.4 Å². The predicted octanol–water partition coefficient (Wildman–Crippen LogP) is 4.50. The minimum atomic E-state index is -0.841. The number of hydrogen-bond donors (Lipinski definition) is 1. The van der Waals surface area contributed by atoms with E-state index in [1.165, 1.54) is 24.5 Å². The predicted molar refractivity (Wildman–Crippen MR) is 76.3 cm³/mol. The van der Waals surface area contributed by atoms with Gasteiger partial charge in [0.05, 0.1) is 12.4 Å². The molecule has 0 fully saturated rings. The lowest BCUT2D eigenvalue weighted by atomic mass is 10.0. The van der Waals surface area contributed by atoms with Crippen LogP contribution in [0, 0.1) is 5.82 Å². The van der Waals surface area contributed by atoms with E-state index in [-0.39, 0.29) is 12.2 Å². The SMILES string of the molecule is OC(Cc1cc(Cl)ccc1F)c1coc2ccccc12. The fourth-order valence-electron chi connectivity index (χ4n) is 2.27. The maximum Gasteiger partial charge on any atom is 0.134 e. The summed E-state index contributed by atoms with van der Waals surface area (Å²) in [4.78, 5) is 0. The molecule has 0 aliphatic rings. The van der Waals surface area contributed by atoms with Crippen LogP contribution in [0.1, 0.15) is 17.2 Å². The summed E-state index contributed by atoms with van der Waals surface area (Å²) >= 11 is 5.85. The summed E-state index contributed by atoms with van der Waals surface area (Å²) in [5.41, 5.74) is 1.74. The Bertz CT molecular complexity index is 751. The second-order valence-electron chi connectivity index (χ2n) is 4.64. The molecule has 1 heterocycles. The first-order valence-corrected chi connectivity index (χ1v) is 6.61. The van der Waals surface area contributed by atoms with E-state index in [9.17, 15) is 9.50 Å². The number of furan rings is 1. The quantitative estimate of drug-likeness (QED) is 0.770. The Morgan fingerprint density at radius 2 is 2.00 bits per heavy atom. The number of hydrogen-bond acceptors (Lipinski definition) is 2. The highest BCUT2D eigenvalue weighted by Crippen LogP contribution is 2.29. The van der Waals surface area contributed by atoms with Crippen molar-refractivity contribution in [3.05, 3.63) is 70.7 Å². The lowest BCUT2D eigenvalue weighted by Gasteiger charge is -2.10. The molecule has 4 heteroatoms. The summed E-state index contributed by atoms with van der Waals surface area (Å²) in [5.74, 6) is -0.374. The minimum absolute atomic E-state index is 0.149. The first-order chi connectivity index (χ1) is 9.65. The van der Waals surface area contributed by atoms with Crippen molar-refractivity contribution in [2.45, 2.75) is 12.5 Å². The van der Waals surface area contributed by atoms with E-state index >= 15 is 0 Å². The van der Waals surface area contributed by atoms with E-state index in [0.717, 1.165) is 5.39 Å². The van der Waals surface area contributed by atoms with Gasteiger partial charge in [0.2, 0.25) is 0 Å². The van der Waals surface area contributed by atoms with E-state index in [1.54, 1.807) is 0 Å². The van der Waals surface area contributed by atoms with Crippen LogP contribution < -0.4 is 0 Å². The first-order valence-electron chi connectivity index (χ1n) is 6.23. The van der Waals surface area contributed by atoms with Gasteiger partial charge in [-0.1, -0.05) is 29.8 Å². The van der Waals surface area contributed by atoms with Crippen LogP contribution in [0.5, 0.6) is 0 Å². The van der Waals surface area contributed by atoms with E-state index in [1.807, 2.05) is 24.3 Å². The van der Waals surface area contributed by atoms with Crippen molar-refractivity contribution in [1.82, 2.24) is 0 Å². The normalized spacial score (nSPS) is 12.8. The molecule has 0 amide bonds. The molecule has 2 nitrogen and oxygen atoms in total. The van der Waals surface area contributed by atoms with Crippen LogP contribution in [0.15, 0.2) is 53.1 Å². The number of rotatable bonds is 3. The number of para-hydroxylation sites is 1. The molecule has 3 aromatic rings. The van der Waals surface area contributed by atoms with Gasteiger partial charge in [-0.05, 0) is 29.8 Å². The van der Waals surface area contributed by atoms with Crippen molar-refractivity contribution in [2.24, 2.45) is 0 Å². The van der Waals surface area contributed by atoms with Crippen LogP contribution >= 0.6 is 11.6 Å². The average Bonchev–Trinajstić information content (AvgIpc) is 2.87. The Hall–Kier alpha value is -1.84. The van der Waals surface area contributed by atoms with Crippen molar-refractivity contribution in [3.63, 3.8) is 0 Å². The largest absolute Gasteiger partial charge is 0.464 e. The van der Waals surface area contributed by atoms with Crippen LogP contribution in [0.2, 0.25) is 5.02 Å². The second-order valence-corrected chi connectivity index (χ2v) is 5.08. The van der Waals surface area contributed by atoms with Gasteiger partial charge in [-0.15, -0.1) is 0 Å². The fraction of sp³-hybridized carbons (Fsp3) is 0.125. The van der Waals surface area contributed by atoms with E-state index in [0.29, 0.717) is 21.7 Å². The zero-order valence-electron chi connectivity index (χ0n) is 10.5. The fourth-order valence-corrected chi connectivity index (χ4v) is 2.47. The molecule has 102 valence electrons. The van der Waals surface area contributed by atoms with Crippen LogP contribution in [0.25, 0.3) is 11.0 Å². The Balaban J connectivity index is 1.93. The molecule has 1 N–H and O–H groups in total. The average molecular weight is 291 g/mol. The number of halogens is 2. The molecule has 1 aromatic heterocycles. The minimum Gasteiger partial charge on any atom is -0.464 e. The molecule has 3 rings (SSSR count). The molecule has 0 bridgehead atoms. The van der Waals surface area contributed by atoms with Gasteiger partial charge >= 0.3 is 0 Å². The van der Waals surface area contributed by atoms with Gasteiger partial charge in [-0.2, -0.15) is 0 Å². The second kappa shape index (κ2) is 5.27. The van der Waals surface area contributed by atoms with Crippen LogP contribution in [-0.4, -0.2) is 5.11 Å². The van der Waals surface area contributed by atoms with Gasteiger partial charge in [0.25, 0.3) is 0 Å². The molecular weight excluding hydrogens is 279 g/mol. The zero-order valence-corrected chi connectivity index (χ0v) is 11.3. The molecule has 1 atom stereocenters. The number of fused-ring (bicyclic) bond motifs is 1. The van der Waals surface area contributed by atoms with Crippen molar-refractivity contribution >= 4 is 22.6 Å². The summed E-state index contributed by atoms with van der Waals surface area (Å²) in [7, 11) is 0. The molecule has 1 unspecified atom stereocenters. The molecule has 0 radical (unpaired) electrons. The lowest BCUT2D eigenvalue weighted by molar-refractivity contribution is 0.177. The highest BCUT2D eigenvalue weighted by molar-refractivity contribution is 6.30. The third-order valence-electron chi connectivity index (χ3n) is 3.29. The standard InChI is InChI=1S/C16H12ClFO2/c17-11-5-6-14(18)10(7-11)8-15(19)13-9-20-16-4-2-1-3-12(13)16/h1-7,9,15,19H,8H2.